The summed E-state index contributed by atoms with van der Waals surface area (Å²) in [5, 5.41) is 3.65. The van der Waals surface area contributed by atoms with Gasteiger partial charge in [0.25, 0.3) is 10.0 Å². The Balaban J connectivity index is 1.69. The zero-order chi connectivity index (χ0) is 31.0. The van der Waals surface area contributed by atoms with Crippen LogP contribution in [-0.2, 0) is 26.0 Å². The monoisotopic (exact) mass is 623 g/mol. The van der Waals surface area contributed by atoms with Gasteiger partial charge >= 0.3 is 0 Å². The number of anilines is 1. The van der Waals surface area contributed by atoms with Gasteiger partial charge in [0.1, 0.15) is 12.6 Å². The molecule has 0 saturated heterocycles. The molecule has 0 heterocycles. The molecule has 0 aliphatic heterocycles. The second-order valence-electron chi connectivity index (χ2n) is 11.3. The number of aryl methyl sites for hydroxylation is 2. The maximum atomic E-state index is 14.3. The van der Waals surface area contributed by atoms with Crippen LogP contribution >= 0.6 is 11.6 Å². The molecule has 7 nitrogen and oxygen atoms in total. The molecule has 0 bridgehead atoms. The van der Waals surface area contributed by atoms with Crippen molar-refractivity contribution >= 4 is 39.1 Å². The fourth-order valence-corrected chi connectivity index (χ4v) is 7.40. The molecule has 0 aromatic heterocycles. The number of hydrogen-bond acceptors (Lipinski definition) is 4. The van der Waals surface area contributed by atoms with Crippen molar-refractivity contribution in [2.24, 2.45) is 0 Å². The molecule has 1 atom stereocenters. The van der Waals surface area contributed by atoms with Gasteiger partial charge in [-0.15, -0.1) is 0 Å². The first-order valence-corrected chi connectivity index (χ1v) is 16.9. The largest absolute Gasteiger partial charge is 0.352 e. The summed E-state index contributed by atoms with van der Waals surface area (Å²) in [5.74, 6) is -0.627. The van der Waals surface area contributed by atoms with E-state index in [9.17, 15) is 18.0 Å². The lowest BCUT2D eigenvalue weighted by Gasteiger charge is -2.34. The van der Waals surface area contributed by atoms with Crippen molar-refractivity contribution in [3.8, 4) is 0 Å². The lowest BCUT2D eigenvalue weighted by molar-refractivity contribution is -0.140. The van der Waals surface area contributed by atoms with Crippen LogP contribution in [0.3, 0.4) is 0 Å². The first kappa shape index (κ1) is 32.6. The number of carbonyl (C=O) groups excluding carboxylic acids is 2. The van der Waals surface area contributed by atoms with Crippen LogP contribution in [0.25, 0.3) is 0 Å². The second kappa shape index (κ2) is 14.9. The summed E-state index contributed by atoms with van der Waals surface area (Å²) in [6, 6.07) is 20.6. The number of hydrogen-bond donors (Lipinski definition) is 1. The van der Waals surface area contributed by atoms with Crippen molar-refractivity contribution in [1.29, 1.82) is 0 Å². The normalized spacial score (nSPS) is 14.6. The Morgan fingerprint density at radius 3 is 2.26 bits per heavy atom. The van der Waals surface area contributed by atoms with Crippen molar-refractivity contribution in [2.45, 2.75) is 82.7 Å². The van der Waals surface area contributed by atoms with E-state index in [-0.39, 0.29) is 23.4 Å². The van der Waals surface area contributed by atoms with Crippen molar-refractivity contribution < 1.29 is 18.0 Å². The third kappa shape index (κ3) is 8.39. The molecule has 1 aliphatic rings. The van der Waals surface area contributed by atoms with Crippen molar-refractivity contribution in [3.05, 3.63) is 94.5 Å². The minimum Gasteiger partial charge on any atom is -0.352 e. The number of benzene rings is 3. The average molecular weight is 624 g/mol. The molecule has 4 rings (SSSR count). The van der Waals surface area contributed by atoms with Crippen LogP contribution < -0.4 is 9.62 Å². The van der Waals surface area contributed by atoms with E-state index in [4.69, 9.17) is 11.6 Å². The van der Waals surface area contributed by atoms with Gasteiger partial charge in [0.05, 0.1) is 10.6 Å². The fraction of sp³-hybridized carbons (Fsp3) is 0.412. The Morgan fingerprint density at radius 2 is 1.63 bits per heavy atom. The van der Waals surface area contributed by atoms with Gasteiger partial charge in [-0.2, -0.15) is 0 Å². The van der Waals surface area contributed by atoms with Crippen LogP contribution in [0, 0.1) is 13.8 Å². The first-order chi connectivity index (χ1) is 20.6. The summed E-state index contributed by atoms with van der Waals surface area (Å²) in [4.78, 5) is 29.6. The van der Waals surface area contributed by atoms with Gasteiger partial charge in [0.15, 0.2) is 0 Å². The van der Waals surface area contributed by atoms with E-state index in [1.54, 1.807) is 54.3 Å². The van der Waals surface area contributed by atoms with E-state index in [1.165, 1.54) is 6.42 Å². The first-order valence-electron chi connectivity index (χ1n) is 15.1. The Labute approximate surface area is 261 Å². The van der Waals surface area contributed by atoms with Crippen LogP contribution in [0.4, 0.5) is 5.69 Å². The quantitative estimate of drug-likeness (QED) is 0.251. The molecule has 1 N–H and O–H groups in total. The molecular weight excluding hydrogens is 582 g/mol. The van der Waals surface area contributed by atoms with Crippen molar-refractivity contribution in [2.75, 3.05) is 17.4 Å². The second-order valence-corrected chi connectivity index (χ2v) is 13.6. The summed E-state index contributed by atoms with van der Waals surface area (Å²) in [6.07, 6.45) is 6.11. The highest BCUT2D eigenvalue weighted by Crippen LogP contribution is 2.29. The fourth-order valence-electron chi connectivity index (χ4n) is 5.69. The number of carbonyl (C=O) groups is 2. The summed E-state index contributed by atoms with van der Waals surface area (Å²) in [6.45, 7) is 5.36. The SMILES string of the molecule is CC[C@H](C(=O)NC1CCCCC1)N(CCc1ccccc1)C(=O)CN(c1ccc(Cl)cc1C)S(=O)(=O)c1ccc(C)cc1. The van der Waals surface area contributed by atoms with Gasteiger partial charge in [0, 0.05) is 17.6 Å². The lowest BCUT2D eigenvalue weighted by Crippen LogP contribution is -2.54. The molecule has 0 unspecified atom stereocenters. The van der Waals surface area contributed by atoms with Crippen LogP contribution in [-0.4, -0.2) is 50.3 Å². The van der Waals surface area contributed by atoms with Gasteiger partial charge in [-0.3, -0.25) is 13.9 Å². The molecule has 0 radical (unpaired) electrons. The predicted molar refractivity (Wildman–Crippen MR) is 173 cm³/mol. The molecule has 3 aromatic carbocycles. The van der Waals surface area contributed by atoms with E-state index < -0.39 is 28.5 Å². The average Bonchev–Trinajstić information content (AvgIpc) is 2.99. The van der Waals surface area contributed by atoms with Crippen LogP contribution in [0.5, 0.6) is 0 Å². The maximum absolute atomic E-state index is 14.3. The van der Waals surface area contributed by atoms with Crippen LogP contribution in [0.15, 0.2) is 77.7 Å². The van der Waals surface area contributed by atoms with Crippen molar-refractivity contribution in [3.63, 3.8) is 0 Å². The van der Waals surface area contributed by atoms with Crippen LogP contribution in [0.1, 0.15) is 62.1 Å². The van der Waals surface area contributed by atoms with Gasteiger partial charge in [-0.25, -0.2) is 8.42 Å². The molecule has 1 aliphatic carbocycles. The molecule has 0 spiro atoms. The van der Waals surface area contributed by atoms with E-state index in [0.29, 0.717) is 29.1 Å². The van der Waals surface area contributed by atoms with Gasteiger partial charge < -0.3 is 10.2 Å². The number of nitrogens with one attached hydrogen (secondary N) is 1. The Hall–Kier alpha value is -3.36. The summed E-state index contributed by atoms with van der Waals surface area (Å²) >= 11 is 6.21. The van der Waals surface area contributed by atoms with E-state index >= 15 is 0 Å². The molecular formula is C34H42ClN3O4S. The van der Waals surface area contributed by atoms with Gasteiger partial charge in [0.2, 0.25) is 11.8 Å². The number of halogens is 1. The molecule has 3 aromatic rings. The number of nitrogens with zero attached hydrogens (tertiary/aromatic N) is 2. The van der Waals surface area contributed by atoms with E-state index in [0.717, 1.165) is 41.1 Å². The zero-order valence-electron chi connectivity index (χ0n) is 25.3. The molecule has 2 amide bonds. The summed E-state index contributed by atoms with van der Waals surface area (Å²) < 4.78 is 29.3. The number of rotatable bonds is 12. The highest BCUT2D eigenvalue weighted by atomic mass is 35.5. The minimum absolute atomic E-state index is 0.0816. The topological polar surface area (TPSA) is 86.8 Å². The number of amides is 2. The maximum Gasteiger partial charge on any atom is 0.264 e. The highest BCUT2D eigenvalue weighted by molar-refractivity contribution is 7.92. The number of sulfonamides is 1. The predicted octanol–water partition coefficient (Wildman–Crippen LogP) is 6.45. The summed E-state index contributed by atoms with van der Waals surface area (Å²) in [7, 11) is -4.14. The minimum atomic E-state index is -4.14. The molecule has 43 heavy (non-hydrogen) atoms. The molecule has 1 fully saturated rings. The molecule has 230 valence electrons. The third-order valence-electron chi connectivity index (χ3n) is 8.14. The highest BCUT2D eigenvalue weighted by Gasteiger charge is 2.34. The molecule has 9 heteroatoms. The van der Waals surface area contributed by atoms with Gasteiger partial charge in [-0.1, -0.05) is 85.8 Å². The smallest absolute Gasteiger partial charge is 0.264 e. The van der Waals surface area contributed by atoms with E-state index in [1.807, 2.05) is 44.2 Å². The standard InChI is InChI=1S/C34H42ClN3O4S/c1-4-31(34(40)36-29-13-9-6-10-14-29)37(22-21-27-11-7-5-8-12-27)33(39)24-38(32-20-17-28(35)23-26(32)3)43(41,42)30-18-15-25(2)16-19-30/h5,7-8,11-12,15-20,23,29,31H,4,6,9-10,13-14,21-22,24H2,1-3H3,(H,36,40)/t31-/m1/s1. The Kier molecular flexibility index (Phi) is 11.3. The van der Waals surface area contributed by atoms with E-state index in [2.05, 4.69) is 5.32 Å². The zero-order valence-corrected chi connectivity index (χ0v) is 26.8. The summed E-state index contributed by atoms with van der Waals surface area (Å²) in [5.41, 5.74) is 2.93. The van der Waals surface area contributed by atoms with Crippen LogP contribution in [0.2, 0.25) is 5.02 Å². The Bertz CT molecular complexity index is 1490. The molecule has 1 saturated carbocycles. The van der Waals surface area contributed by atoms with Gasteiger partial charge in [-0.05, 0) is 81.0 Å². The Morgan fingerprint density at radius 1 is 0.953 bits per heavy atom. The van der Waals surface area contributed by atoms with Crippen molar-refractivity contribution in [1.82, 2.24) is 10.2 Å². The third-order valence-corrected chi connectivity index (χ3v) is 10.1. The lowest BCUT2D eigenvalue weighted by atomic mass is 9.95.